The van der Waals surface area contributed by atoms with Crippen LogP contribution in [0, 0.1) is 11.6 Å². The molecule has 5 heteroatoms. The van der Waals surface area contributed by atoms with Crippen LogP contribution in [0.1, 0.15) is 10.4 Å². The average Bonchev–Trinajstić information content (AvgIpc) is 2.85. The molecule has 0 saturated heterocycles. The van der Waals surface area contributed by atoms with Crippen LogP contribution in [-0.4, -0.2) is 18.1 Å². The van der Waals surface area contributed by atoms with Crippen LogP contribution in [0.2, 0.25) is 0 Å². The lowest BCUT2D eigenvalue weighted by atomic mass is 10.0. The molecule has 1 aromatic carbocycles. The Balaban J connectivity index is 2.10. The molecule has 0 fully saturated rings. The third kappa shape index (κ3) is 3.11. The van der Waals surface area contributed by atoms with Gasteiger partial charge in [0.2, 0.25) is 0 Å². The quantitative estimate of drug-likeness (QED) is 0.902. The summed E-state index contributed by atoms with van der Waals surface area (Å²) >= 11 is 1.55. The summed E-state index contributed by atoms with van der Waals surface area (Å²) in [5, 5.41) is 3.09. The molecule has 1 N–H and O–H groups in total. The van der Waals surface area contributed by atoms with Crippen LogP contribution >= 0.6 is 11.3 Å². The molecular formula is C13H14F2N2S. The molecule has 1 atom stereocenters. The highest BCUT2D eigenvalue weighted by Crippen LogP contribution is 2.17. The van der Waals surface area contributed by atoms with Crippen LogP contribution in [0.15, 0.2) is 29.9 Å². The Bertz CT molecular complexity index is 479. The normalized spacial score (nSPS) is 12.6. The fourth-order valence-corrected chi connectivity index (χ4v) is 2.51. The summed E-state index contributed by atoms with van der Waals surface area (Å²) < 4.78 is 27.1. The molecule has 0 amide bonds. The molecule has 18 heavy (non-hydrogen) atoms. The minimum absolute atomic E-state index is 0.00292. The summed E-state index contributed by atoms with van der Waals surface area (Å²) in [6.07, 6.45) is 2.83. The lowest BCUT2D eigenvalue weighted by Crippen LogP contribution is -2.30. The second kappa shape index (κ2) is 6.02. The van der Waals surface area contributed by atoms with Gasteiger partial charge in [0.05, 0.1) is 5.51 Å². The summed E-state index contributed by atoms with van der Waals surface area (Å²) in [5.41, 5.74) is 1.90. The molecule has 2 nitrogen and oxygen atoms in total. The number of rotatable bonds is 5. The van der Waals surface area contributed by atoms with E-state index in [1.54, 1.807) is 30.1 Å². The van der Waals surface area contributed by atoms with Crippen LogP contribution < -0.4 is 5.32 Å². The third-order valence-corrected chi connectivity index (χ3v) is 3.65. The van der Waals surface area contributed by atoms with E-state index in [-0.39, 0.29) is 11.6 Å². The van der Waals surface area contributed by atoms with Crippen molar-refractivity contribution in [1.82, 2.24) is 10.3 Å². The topological polar surface area (TPSA) is 24.9 Å². The number of likely N-dealkylation sites (N-methyl/N-ethyl adjacent to an activating group) is 1. The van der Waals surface area contributed by atoms with Crippen molar-refractivity contribution >= 4 is 11.3 Å². The van der Waals surface area contributed by atoms with Crippen LogP contribution in [-0.2, 0) is 12.8 Å². The Morgan fingerprint density at radius 1 is 1.28 bits per heavy atom. The fraction of sp³-hybridized carbons (Fsp3) is 0.308. The van der Waals surface area contributed by atoms with Gasteiger partial charge >= 0.3 is 0 Å². The first-order chi connectivity index (χ1) is 8.70. The Labute approximate surface area is 109 Å². The Hall–Kier alpha value is -1.33. The first-order valence-electron chi connectivity index (χ1n) is 5.68. The van der Waals surface area contributed by atoms with Gasteiger partial charge in [0, 0.05) is 22.7 Å². The van der Waals surface area contributed by atoms with E-state index in [1.165, 1.54) is 18.2 Å². The lowest BCUT2D eigenvalue weighted by molar-refractivity contribution is 0.503. The van der Waals surface area contributed by atoms with Crippen molar-refractivity contribution in [3.63, 3.8) is 0 Å². The predicted octanol–water partition coefficient (Wildman–Crippen LogP) is 2.79. The van der Waals surface area contributed by atoms with Crippen LogP contribution in [0.4, 0.5) is 8.78 Å². The monoisotopic (exact) mass is 268 g/mol. The second-order valence-electron chi connectivity index (χ2n) is 4.06. The van der Waals surface area contributed by atoms with Crippen molar-refractivity contribution < 1.29 is 8.78 Å². The van der Waals surface area contributed by atoms with Crippen molar-refractivity contribution in [2.45, 2.75) is 18.9 Å². The van der Waals surface area contributed by atoms with Gasteiger partial charge in [-0.25, -0.2) is 8.78 Å². The SMILES string of the molecule is CNC(Cc1cncs1)Cc1c(F)cccc1F. The summed E-state index contributed by atoms with van der Waals surface area (Å²) in [5.74, 6) is -0.973. The molecule has 0 radical (unpaired) electrons. The van der Waals surface area contributed by atoms with E-state index in [4.69, 9.17) is 0 Å². The number of halogens is 2. The molecule has 2 aromatic rings. The standard InChI is InChI=1S/C13H14F2N2S/c1-16-9(5-10-7-17-8-18-10)6-11-12(14)3-2-4-13(11)15/h2-4,7-9,16H,5-6H2,1H3. The van der Waals surface area contributed by atoms with Gasteiger partial charge in [-0.2, -0.15) is 0 Å². The smallest absolute Gasteiger partial charge is 0.129 e. The molecule has 0 aliphatic rings. The predicted molar refractivity (Wildman–Crippen MR) is 68.7 cm³/mol. The molecular weight excluding hydrogens is 254 g/mol. The first-order valence-corrected chi connectivity index (χ1v) is 6.56. The number of hydrogen-bond donors (Lipinski definition) is 1. The van der Waals surface area contributed by atoms with Crippen molar-refractivity contribution in [3.8, 4) is 0 Å². The maximum atomic E-state index is 13.5. The van der Waals surface area contributed by atoms with Gasteiger partial charge in [-0.15, -0.1) is 11.3 Å². The molecule has 0 aliphatic heterocycles. The van der Waals surface area contributed by atoms with Gasteiger partial charge in [0.25, 0.3) is 0 Å². The molecule has 0 aliphatic carbocycles. The maximum Gasteiger partial charge on any atom is 0.129 e. The molecule has 1 unspecified atom stereocenters. The lowest BCUT2D eigenvalue weighted by Gasteiger charge is -2.16. The number of aromatic nitrogens is 1. The maximum absolute atomic E-state index is 13.5. The molecule has 2 rings (SSSR count). The van der Waals surface area contributed by atoms with E-state index in [9.17, 15) is 8.78 Å². The molecule has 1 aromatic heterocycles. The van der Waals surface area contributed by atoms with Crippen LogP contribution in [0.25, 0.3) is 0 Å². The summed E-state index contributed by atoms with van der Waals surface area (Å²) in [6, 6.07) is 3.96. The molecule has 96 valence electrons. The van der Waals surface area contributed by atoms with E-state index in [0.717, 1.165) is 11.3 Å². The van der Waals surface area contributed by atoms with Gasteiger partial charge in [0.1, 0.15) is 11.6 Å². The minimum atomic E-state index is -0.487. The van der Waals surface area contributed by atoms with Gasteiger partial charge in [-0.3, -0.25) is 4.98 Å². The van der Waals surface area contributed by atoms with E-state index in [1.807, 2.05) is 0 Å². The Kier molecular flexibility index (Phi) is 4.38. The van der Waals surface area contributed by atoms with E-state index in [2.05, 4.69) is 10.3 Å². The highest BCUT2D eigenvalue weighted by Gasteiger charge is 2.15. The number of thiazole rings is 1. The fourth-order valence-electron chi connectivity index (χ4n) is 1.84. The van der Waals surface area contributed by atoms with E-state index >= 15 is 0 Å². The van der Waals surface area contributed by atoms with Gasteiger partial charge in [-0.05, 0) is 32.0 Å². The molecule has 0 saturated carbocycles. The van der Waals surface area contributed by atoms with Gasteiger partial charge < -0.3 is 5.32 Å². The highest BCUT2D eigenvalue weighted by atomic mass is 32.1. The summed E-state index contributed by atoms with van der Waals surface area (Å²) in [4.78, 5) is 5.10. The summed E-state index contributed by atoms with van der Waals surface area (Å²) in [7, 11) is 1.80. The van der Waals surface area contributed by atoms with Crippen molar-refractivity contribution in [2.24, 2.45) is 0 Å². The van der Waals surface area contributed by atoms with Crippen LogP contribution in [0.5, 0.6) is 0 Å². The second-order valence-corrected chi connectivity index (χ2v) is 5.03. The Morgan fingerprint density at radius 2 is 2.00 bits per heavy atom. The largest absolute Gasteiger partial charge is 0.316 e. The molecule has 0 spiro atoms. The van der Waals surface area contributed by atoms with E-state index < -0.39 is 11.6 Å². The number of benzene rings is 1. The van der Waals surface area contributed by atoms with E-state index in [0.29, 0.717) is 6.42 Å². The van der Waals surface area contributed by atoms with Crippen molar-refractivity contribution in [2.75, 3.05) is 7.05 Å². The molecule has 0 bridgehead atoms. The Morgan fingerprint density at radius 3 is 2.56 bits per heavy atom. The van der Waals surface area contributed by atoms with Crippen molar-refractivity contribution in [1.29, 1.82) is 0 Å². The minimum Gasteiger partial charge on any atom is -0.316 e. The zero-order valence-corrected chi connectivity index (χ0v) is 10.8. The zero-order chi connectivity index (χ0) is 13.0. The van der Waals surface area contributed by atoms with Gasteiger partial charge in [0.15, 0.2) is 0 Å². The summed E-state index contributed by atoms with van der Waals surface area (Å²) in [6.45, 7) is 0. The van der Waals surface area contributed by atoms with Crippen LogP contribution in [0.3, 0.4) is 0 Å². The zero-order valence-electron chi connectivity index (χ0n) is 9.99. The number of nitrogens with one attached hydrogen (secondary N) is 1. The first kappa shape index (κ1) is 13.1. The number of nitrogens with zero attached hydrogens (tertiary/aromatic N) is 1. The average molecular weight is 268 g/mol. The van der Waals surface area contributed by atoms with Crippen molar-refractivity contribution in [3.05, 3.63) is 52.0 Å². The van der Waals surface area contributed by atoms with Gasteiger partial charge in [-0.1, -0.05) is 6.07 Å². The number of hydrogen-bond acceptors (Lipinski definition) is 3. The third-order valence-electron chi connectivity index (χ3n) is 2.85. The highest BCUT2D eigenvalue weighted by molar-refractivity contribution is 7.09. The molecule has 1 heterocycles.